The Morgan fingerprint density at radius 2 is 1.84 bits per heavy atom. The Kier molecular flexibility index (Phi) is 4.84. The monoisotopic (exact) mass is 335 g/mol. The number of rotatable bonds is 4. The number of benzene rings is 2. The van der Waals surface area contributed by atoms with Crippen LogP contribution in [0.5, 0.6) is 0 Å². The number of aliphatic imine (C=N–C) groups is 1. The maximum atomic E-state index is 12.7. The molecule has 0 amide bonds. The third-order valence-corrected chi connectivity index (χ3v) is 4.01. The molecule has 0 bridgehead atoms. The van der Waals surface area contributed by atoms with E-state index in [1.54, 1.807) is 6.92 Å². The molecule has 3 N–H and O–H groups in total. The van der Waals surface area contributed by atoms with Gasteiger partial charge in [0.15, 0.2) is 5.96 Å². The third-order valence-electron chi connectivity index (χ3n) is 4.01. The standard InChI is InChI=1S/C20H21N3O2/c1-3-25-19(24)16-17(14-7-5-4-6-8-14)22-20(21)23-18(16)15-11-9-13(2)10-12-15/h4-12,18H,3H2,1-2H3,(H3,21,22,23). The first-order valence-electron chi connectivity index (χ1n) is 8.23. The molecule has 0 aliphatic carbocycles. The van der Waals surface area contributed by atoms with Crippen molar-refractivity contribution in [3.05, 3.63) is 76.9 Å². The van der Waals surface area contributed by atoms with Gasteiger partial charge in [-0.3, -0.25) is 0 Å². The fourth-order valence-corrected chi connectivity index (χ4v) is 2.81. The van der Waals surface area contributed by atoms with Gasteiger partial charge in [-0.2, -0.15) is 0 Å². The zero-order valence-electron chi connectivity index (χ0n) is 14.3. The average molecular weight is 335 g/mol. The van der Waals surface area contributed by atoms with E-state index in [1.807, 2.05) is 61.5 Å². The van der Waals surface area contributed by atoms with E-state index in [0.29, 0.717) is 17.9 Å². The van der Waals surface area contributed by atoms with Crippen molar-refractivity contribution < 1.29 is 9.53 Å². The number of hydrogen-bond donors (Lipinski definition) is 2. The number of nitrogens with two attached hydrogens (primary N) is 1. The molecule has 25 heavy (non-hydrogen) atoms. The normalized spacial score (nSPS) is 16.9. The molecule has 0 saturated heterocycles. The van der Waals surface area contributed by atoms with Crippen LogP contribution in [0.4, 0.5) is 0 Å². The number of aryl methyl sites for hydroxylation is 1. The maximum absolute atomic E-state index is 12.7. The summed E-state index contributed by atoms with van der Waals surface area (Å²) in [6.07, 6.45) is 0. The molecular formula is C20H21N3O2. The molecular weight excluding hydrogens is 314 g/mol. The SMILES string of the molecule is CCOC(=O)C1=C(c2ccccc2)NC(N)=NC1c1ccc(C)cc1. The van der Waals surface area contributed by atoms with E-state index in [2.05, 4.69) is 10.3 Å². The lowest BCUT2D eigenvalue weighted by Crippen LogP contribution is -2.37. The fraction of sp³-hybridized carbons (Fsp3) is 0.200. The van der Waals surface area contributed by atoms with Crippen LogP contribution in [-0.2, 0) is 9.53 Å². The van der Waals surface area contributed by atoms with Crippen LogP contribution in [0.25, 0.3) is 5.70 Å². The van der Waals surface area contributed by atoms with Crippen molar-refractivity contribution in [3.8, 4) is 0 Å². The first-order valence-corrected chi connectivity index (χ1v) is 8.23. The average Bonchev–Trinajstić information content (AvgIpc) is 2.62. The van der Waals surface area contributed by atoms with Gasteiger partial charge in [-0.25, -0.2) is 9.79 Å². The minimum atomic E-state index is -0.504. The molecule has 1 atom stereocenters. The van der Waals surface area contributed by atoms with Crippen molar-refractivity contribution in [2.24, 2.45) is 10.7 Å². The molecule has 1 aliphatic heterocycles. The molecule has 5 heteroatoms. The summed E-state index contributed by atoms with van der Waals surface area (Å²) in [6.45, 7) is 4.10. The van der Waals surface area contributed by atoms with Gasteiger partial charge < -0.3 is 15.8 Å². The fourth-order valence-electron chi connectivity index (χ4n) is 2.81. The number of esters is 1. The zero-order valence-corrected chi connectivity index (χ0v) is 14.3. The summed E-state index contributed by atoms with van der Waals surface area (Å²) in [5.41, 5.74) is 10.0. The second-order valence-electron chi connectivity index (χ2n) is 5.83. The molecule has 0 saturated carbocycles. The molecule has 0 radical (unpaired) electrons. The number of nitrogens with zero attached hydrogens (tertiary/aromatic N) is 1. The lowest BCUT2D eigenvalue weighted by molar-refractivity contribution is -0.138. The lowest BCUT2D eigenvalue weighted by Gasteiger charge is -2.26. The highest BCUT2D eigenvalue weighted by atomic mass is 16.5. The smallest absolute Gasteiger partial charge is 0.338 e. The highest BCUT2D eigenvalue weighted by Crippen LogP contribution is 2.34. The second-order valence-corrected chi connectivity index (χ2v) is 5.83. The van der Waals surface area contributed by atoms with Crippen LogP contribution in [0.3, 0.4) is 0 Å². The van der Waals surface area contributed by atoms with Gasteiger partial charge in [0.25, 0.3) is 0 Å². The number of ether oxygens (including phenoxy) is 1. The van der Waals surface area contributed by atoms with Crippen LogP contribution in [0.1, 0.15) is 29.7 Å². The van der Waals surface area contributed by atoms with E-state index in [-0.39, 0.29) is 5.96 Å². The van der Waals surface area contributed by atoms with Gasteiger partial charge in [0, 0.05) is 0 Å². The zero-order chi connectivity index (χ0) is 17.8. The molecule has 128 valence electrons. The van der Waals surface area contributed by atoms with Crippen LogP contribution in [0.15, 0.2) is 65.2 Å². The molecule has 0 fully saturated rings. The first kappa shape index (κ1) is 16.8. The molecule has 1 aliphatic rings. The topological polar surface area (TPSA) is 76.7 Å². The van der Waals surface area contributed by atoms with Gasteiger partial charge in [-0.1, -0.05) is 60.2 Å². The summed E-state index contributed by atoms with van der Waals surface area (Å²) in [5.74, 6) is -0.117. The molecule has 1 unspecified atom stereocenters. The van der Waals surface area contributed by atoms with Gasteiger partial charge >= 0.3 is 5.97 Å². The highest BCUT2D eigenvalue weighted by Gasteiger charge is 2.31. The molecule has 2 aromatic rings. The van der Waals surface area contributed by atoms with Crippen molar-refractivity contribution in [2.45, 2.75) is 19.9 Å². The van der Waals surface area contributed by atoms with E-state index < -0.39 is 12.0 Å². The van der Waals surface area contributed by atoms with Gasteiger partial charge in [-0.05, 0) is 25.0 Å². The van der Waals surface area contributed by atoms with Crippen LogP contribution in [0, 0.1) is 6.92 Å². The van der Waals surface area contributed by atoms with E-state index in [9.17, 15) is 4.79 Å². The summed E-state index contributed by atoms with van der Waals surface area (Å²) in [6, 6.07) is 17.0. The molecule has 1 heterocycles. The van der Waals surface area contributed by atoms with Gasteiger partial charge in [0.1, 0.15) is 6.04 Å². The van der Waals surface area contributed by atoms with Gasteiger partial charge in [-0.15, -0.1) is 0 Å². The van der Waals surface area contributed by atoms with Gasteiger partial charge in [0.2, 0.25) is 0 Å². The third kappa shape index (κ3) is 3.55. The minimum absolute atomic E-state index is 0.275. The molecule has 2 aromatic carbocycles. The van der Waals surface area contributed by atoms with E-state index in [4.69, 9.17) is 10.5 Å². The maximum Gasteiger partial charge on any atom is 0.338 e. The van der Waals surface area contributed by atoms with E-state index in [1.165, 1.54) is 0 Å². The van der Waals surface area contributed by atoms with Crippen molar-refractivity contribution in [1.82, 2.24) is 5.32 Å². The van der Waals surface area contributed by atoms with Crippen molar-refractivity contribution in [3.63, 3.8) is 0 Å². The van der Waals surface area contributed by atoms with Crippen molar-refractivity contribution in [2.75, 3.05) is 6.61 Å². The molecule has 3 rings (SSSR count). The predicted octanol–water partition coefficient (Wildman–Crippen LogP) is 2.93. The number of carbonyl (C=O) groups is 1. The van der Waals surface area contributed by atoms with Crippen molar-refractivity contribution in [1.29, 1.82) is 0 Å². The van der Waals surface area contributed by atoms with Gasteiger partial charge in [0.05, 0.1) is 17.9 Å². The summed E-state index contributed by atoms with van der Waals surface area (Å²) < 4.78 is 5.30. The largest absolute Gasteiger partial charge is 0.463 e. The number of nitrogens with one attached hydrogen (secondary N) is 1. The lowest BCUT2D eigenvalue weighted by atomic mass is 9.93. The summed E-state index contributed by atoms with van der Waals surface area (Å²) >= 11 is 0. The first-order chi connectivity index (χ1) is 12.1. The summed E-state index contributed by atoms with van der Waals surface area (Å²) in [5, 5.41) is 3.04. The van der Waals surface area contributed by atoms with Crippen molar-refractivity contribution >= 4 is 17.6 Å². The molecule has 0 aromatic heterocycles. The quantitative estimate of drug-likeness (QED) is 0.842. The number of guanidine groups is 1. The van der Waals surface area contributed by atoms with Crippen LogP contribution < -0.4 is 11.1 Å². The predicted molar refractivity (Wildman–Crippen MR) is 98.7 cm³/mol. The number of hydrogen-bond acceptors (Lipinski definition) is 5. The second kappa shape index (κ2) is 7.21. The highest BCUT2D eigenvalue weighted by molar-refractivity contribution is 6.04. The van der Waals surface area contributed by atoms with Crippen LogP contribution in [0.2, 0.25) is 0 Å². The summed E-state index contributed by atoms with van der Waals surface area (Å²) in [4.78, 5) is 17.2. The Labute approximate surface area is 147 Å². The summed E-state index contributed by atoms with van der Waals surface area (Å²) in [7, 11) is 0. The Balaban J connectivity index is 2.16. The molecule has 0 spiro atoms. The molecule has 5 nitrogen and oxygen atoms in total. The van der Waals surface area contributed by atoms with E-state index in [0.717, 1.165) is 16.7 Å². The van der Waals surface area contributed by atoms with Crippen LogP contribution in [-0.4, -0.2) is 18.5 Å². The Hall–Kier alpha value is -3.08. The Bertz CT molecular complexity index is 824. The van der Waals surface area contributed by atoms with Crippen LogP contribution >= 0.6 is 0 Å². The number of carbonyl (C=O) groups excluding carboxylic acids is 1. The van der Waals surface area contributed by atoms with E-state index >= 15 is 0 Å². The Morgan fingerprint density at radius 1 is 1.16 bits per heavy atom. The Morgan fingerprint density at radius 3 is 2.48 bits per heavy atom. The minimum Gasteiger partial charge on any atom is -0.463 e.